The number of benzene rings is 2. The highest BCUT2D eigenvalue weighted by Crippen LogP contribution is 2.48. The molecule has 33 heavy (non-hydrogen) atoms. The molecular formula is C26H30FN5O. The number of nitriles is 1. The van der Waals surface area contributed by atoms with E-state index in [0.717, 1.165) is 38.2 Å². The predicted molar refractivity (Wildman–Crippen MR) is 125 cm³/mol. The van der Waals surface area contributed by atoms with Crippen LogP contribution in [0.3, 0.4) is 0 Å². The van der Waals surface area contributed by atoms with Crippen LogP contribution >= 0.6 is 0 Å². The first-order valence-electron chi connectivity index (χ1n) is 11.7. The quantitative estimate of drug-likeness (QED) is 0.778. The highest BCUT2D eigenvalue weighted by atomic mass is 19.1. The van der Waals surface area contributed by atoms with Gasteiger partial charge in [0.05, 0.1) is 5.56 Å². The van der Waals surface area contributed by atoms with Gasteiger partial charge in [0.1, 0.15) is 11.9 Å². The molecule has 172 valence electrons. The Morgan fingerprint density at radius 1 is 1.18 bits per heavy atom. The summed E-state index contributed by atoms with van der Waals surface area (Å²) in [6.45, 7) is 7.21. The molecule has 1 atom stereocenters. The summed E-state index contributed by atoms with van der Waals surface area (Å²) in [6, 6.07) is 17.4. The summed E-state index contributed by atoms with van der Waals surface area (Å²) in [5.41, 5.74) is 2.62. The van der Waals surface area contributed by atoms with Crippen molar-refractivity contribution in [3.05, 3.63) is 65.5 Å². The number of rotatable bonds is 4. The van der Waals surface area contributed by atoms with Crippen molar-refractivity contribution in [1.29, 1.82) is 5.26 Å². The Kier molecular flexibility index (Phi) is 5.71. The lowest BCUT2D eigenvalue weighted by atomic mass is 9.60. The molecule has 5 rings (SSSR count). The predicted octanol–water partition coefficient (Wildman–Crippen LogP) is 3.58. The summed E-state index contributed by atoms with van der Waals surface area (Å²) in [5.74, 6) is -0.500. The van der Waals surface area contributed by atoms with Crippen molar-refractivity contribution in [3.63, 3.8) is 0 Å². The molecule has 2 aromatic carbocycles. The molecule has 0 aromatic heterocycles. The fraction of sp³-hybridized carbons (Fsp3) is 0.462. The molecule has 0 bridgehead atoms. The van der Waals surface area contributed by atoms with Gasteiger partial charge in [0.25, 0.3) is 0 Å². The smallest absolute Gasteiger partial charge is 0.317 e. The number of amides is 2. The van der Waals surface area contributed by atoms with Crippen molar-refractivity contribution in [3.8, 4) is 6.07 Å². The van der Waals surface area contributed by atoms with Crippen molar-refractivity contribution in [1.82, 2.24) is 15.1 Å². The Morgan fingerprint density at radius 3 is 2.64 bits per heavy atom. The molecule has 2 heterocycles. The maximum Gasteiger partial charge on any atom is 0.317 e. The minimum absolute atomic E-state index is 0.0132. The first kappa shape index (κ1) is 21.7. The molecule has 6 nitrogen and oxygen atoms in total. The second kappa shape index (κ2) is 8.68. The van der Waals surface area contributed by atoms with Crippen molar-refractivity contribution in [2.75, 3.05) is 37.6 Å². The van der Waals surface area contributed by atoms with Crippen LogP contribution in [0.4, 0.5) is 14.9 Å². The zero-order valence-corrected chi connectivity index (χ0v) is 19.0. The third-order valence-electron chi connectivity index (χ3n) is 7.38. The van der Waals surface area contributed by atoms with Crippen LogP contribution in [-0.2, 0) is 6.54 Å². The summed E-state index contributed by atoms with van der Waals surface area (Å²) in [5, 5.41) is 12.3. The second-order valence-corrected chi connectivity index (χ2v) is 9.95. The van der Waals surface area contributed by atoms with Crippen LogP contribution < -0.4 is 10.2 Å². The molecule has 0 unspecified atom stereocenters. The Morgan fingerprint density at radius 2 is 1.94 bits per heavy atom. The molecule has 3 fully saturated rings. The van der Waals surface area contributed by atoms with E-state index in [1.54, 1.807) is 12.1 Å². The van der Waals surface area contributed by atoms with Gasteiger partial charge < -0.3 is 15.1 Å². The standard InChI is InChI=1S/C26H30FN5O/c1-19-15-31(23-7-8-24(27)21(11-23)14-28)9-10-32(19)25(33)29-22-12-26(13-22)17-30(18-26)16-20-5-3-2-4-6-20/h2-8,11,19,22H,9-10,12-13,15-18H2,1H3,(H,29,33)/t19-/m1/s1. The molecule has 1 aliphatic carbocycles. The van der Waals surface area contributed by atoms with Gasteiger partial charge in [-0.25, -0.2) is 9.18 Å². The second-order valence-electron chi connectivity index (χ2n) is 9.95. The van der Waals surface area contributed by atoms with E-state index in [9.17, 15) is 9.18 Å². The lowest BCUT2D eigenvalue weighted by Crippen LogP contribution is -2.67. The van der Waals surface area contributed by atoms with E-state index in [-0.39, 0.29) is 23.7 Å². The highest BCUT2D eigenvalue weighted by molar-refractivity contribution is 5.75. The van der Waals surface area contributed by atoms with Crippen molar-refractivity contribution in [2.45, 2.75) is 38.4 Å². The highest BCUT2D eigenvalue weighted by Gasteiger charge is 2.52. The first-order valence-corrected chi connectivity index (χ1v) is 11.7. The normalized spacial score (nSPS) is 22.4. The van der Waals surface area contributed by atoms with Gasteiger partial charge in [-0.1, -0.05) is 30.3 Å². The number of nitrogens with zero attached hydrogens (tertiary/aromatic N) is 4. The summed E-state index contributed by atoms with van der Waals surface area (Å²) in [4.78, 5) is 19.4. The number of piperazine rings is 1. The van der Waals surface area contributed by atoms with Gasteiger partial charge >= 0.3 is 6.03 Å². The molecule has 1 saturated carbocycles. The van der Waals surface area contributed by atoms with Crippen molar-refractivity contribution < 1.29 is 9.18 Å². The molecule has 1 N–H and O–H groups in total. The van der Waals surface area contributed by atoms with E-state index in [2.05, 4.69) is 39.4 Å². The third-order valence-corrected chi connectivity index (χ3v) is 7.38. The van der Waals surface area contributed by atoms with E-state index in [0.29, 0.717) is 25.0 Å². The van der Waals surface area contributed by atoms with E-state index >= 15 is 0 Å². The maximum atomic E-state index is 13.6. The van der Waals surface area contributed by atoms with Crippen LogP contribution in [0, 0.1) is 22.6 Å². The van der Waals surface area contributed by atoms with E-state index in [4.69, 9.17) is 5.26 Å². The average molecular weight is 448 g/mol. The summed E-state index contributed by atoms with van der Waals surface area (Å²) < 4.78 is 13.6. The first-order chi connectivity index (χ1) is 15.9. The SMILES string of the molecule is C[C@@H]1CN(c2ccc(F)c(C#N)c2)CCN1C(=O)NC1CC2(C1)CN(Cc1ccccc1)C2. The Labute approximate surface area is 194 Å². The lowest BCUT2D eigenvalue weighted by Gasteiger charge is -2.59. The summed E-state index contributed by atoms with van der Waals surface area (Å²) in [6.07, 6.45) is 2.12. The van der Waals surface area contributed by atoms with Gasteiger partial charge in [-0.2, -0.15) is 5.26 Å². The van der Waals surface area contributed by atoms with Crippen molar-refractivity contribution >= 4 is 11.7 Å². The fourth-order valence-corrected chi connectivity index (χ4v) is 5.75. The topological polar surface area (TPSA) is 62.6 Å². The molecule has 2 aliphatic heterocycles. The number of urea groups is 1. The number of anilines is 1. The molecule has 3 aliphatic rings. The van der Waals surface area contributed by atoms with Gasteiger partial charge in [0.2, 0.25) is 0 Å². The number of carbonyl (C=O) groups is 1. The Hall–Kier alpha value is -3.11. The number of halogens is 1. The number of hydrogen-bond donors (Lipinski definition) is 1. The molecule has 2 aromatic rings. The zero-order valence-electron chi connectivity index (χ0n) is 19.0. The fourth-order valence-electron chi connectivity index (χ4n) is 5.75. The average Bonchev–Trinajstić information content (AvgIpc) is 2.77. The van der Waals surface area contributed by atoms with Gasteiger partial charge in [-0.3, -0.25) is 4.90 Å². The van der Waals surface area contributed by atoms with Crippen molar-refractivity contribution in [2.24, 2.45) is 5.41 Å². The van der Waals surface area contributed by atoms with Gasteiger partial charge in [-0.05, 0) is 48.9 Å². The van der Waals surface area contributed by atoms with Gasteiger partial charge in [0, 0.05) is 57.0 Å². The van der Waals surface area contributed by atoms with E-state index in [1.807, 2.05) is 24.0 Å². The Balaban J connectivity index is 1.07. The van der Waals surface area contributed by atoms with Crippen LogP contribution in [0.2, 0.25) is 0 Å². The monoisotopic (exact) mass is 447 g/mol. The van der Waals surface area contributed by atoms with Crippen LogP contribution in [0.1, 0.15) is 30.9 Å². The van der Waals surface area contributed by atoms with Crippen LogP contribution in [0.25, 0.3) is 0 Å². The van der Waals surface area contributed by atoms with E-state index in [1.165, 1.54) is 11.6 Å². The Bertz CT molecular complexity index is 1050. The summed E-state index contributed by atoms with van der Waals surface area (Å²) >= 11 is 0. The number of hydrogen-bond acceptors (Lipinski definition) is 4. The van der Waals surface area contributed by atoms with Crippen LogP contribution in [0.5, 0.6) is 0 Å². The van der Waals surface area contributed by atoms with Gasteiger partial charge in [0.15, 0.2) is 0 Å². The van der Waals surface area contributed by atoms with Crippen LogP contribution in [-0.4, -0.2) is 60.6 Å². The number of carbonyl (C=O) groups excluding carboxylic acids is 1. The molecule has 1 spiro atoms. The lowest BCUT2D eigenvalue weighted by molar-refractivity contribution is -0.0810. The minimum Gasteiger partial charge on any atom is -0.368 e. The van der Waals surface area contributed by atoms with Gasteiger partial charge in [-0.15, -0.1) is 0 Å². The molecule has 7 heteroatoms. The molecule has 0 radical (unpaired) electrons. The number of nitrogens with one attached hydrogen (secondary N) is 1. The molecule has 2 saturated heterocycles. The zero-order chi connectivity index (χ0) is 23.0. The maximum absolute atomic E-state index is 13.6. The third kappa shape index (κ3) is 4.40. The summed E-state index contributed by atoms with van der Waals surface area (Å²) in [7, 11) is 0. The molecular weight excluding hydrogens is 417 g/mol. The molecule has 2 amide bonds. The largest absolute Gasteiger partial charge is 0.368 e. The van der Waals surface area contributed by atoms with E-state index < -0.39 is 5.82 Å². The van der Waals surface area contributed by atoms with Crippen LogP contribution in [0.15, 0.2) is 48.5 Å². The minimum atomic E-state index is -0.500. The number of likely N-dealkylation sites (tertiary alicyclic amines) is 1.